The molecule has 0 aliphatic carbocycles. The molecule has 0 N–H and O–H groups in total. The molecule has 4 heavy (non-hydrogen) atoms. The summed E-state index contributed by atoms with van der Waals surface area (Å²) in [6.07, 6.45) is 0. The van der Waals surface area contributed by atoms with Crippen LogP contribution < -0.4 is 0 Å². The molecular weight excluding hydrogens is 181 g/mol. The van der Waals surface area contributed by atoms with Crippen LogP contribution in [0.5, 0.6) is 0 Å². The van der Waals surface area contributed by atoms with Gasteiger partial charge in [0.05, 0.1) is 0 Å². The van der Waals surface area contributed by atoms with Crippen LogP contribution in [-0.2, 0) is 0 Å². The van der Waals surface area contributed by atoms with Gasteiger partial charge in [-0.25, -0.2) is 12.5 Å². The molecular formula is H3B2IS. The minimum absolute atomic E-state index is 0.498. The fraction of sp³-hybridized carbons (Fsp3) is 0. The Morgan fingerprint density at radius 1 is 2.00 bits per heavy atom. The molecule has 0 aliphatic rings. The van der Waals surface area contributed by atoms with Crippen LogP contribution in [0.15, 0.2) is 0 Å². The summed E-state index contributed by atoms with van der Waals surface area (Å²) in [6.45, 7) is 0. The summed E-state index contributed by atoms with van der Waals surface area (Å²) in [5.41, 5.74) is 0. The van der Waals surface area contributed by atoms with Crippen molar-refractivity contribution in [2.45, 2.75) is 0 Å². The highest BCUT2D eigenvalue weighted by Crippen LogP contribution is 1.88. The molecule has 0 aromatic heterocycles. The maximum Gasteiger partial charge on any atom is 0.235 e. The molecule has 0 unspecified atom stereocenters. The molecule has 0 aromatic rings. The Morgan fingerprint density at radius 2 is 2.00 bits per heavy atom. The Labute approximate surface area is 46.4 Å². The average molecular weight is 184 g/mol. The van der Waals surface area contributed by atoms with Crippen molar-refractivity contribution in [3.8, 4) is 0 Å². The van der Waals surface area contributed by atoms with Crippen LogP contribution in [-0.4, -0.2) is 11.5 Å². The molecule has 0 aliphatic heterocycles. The van der Waals surface area contributed by atoms with E-state index in [1.807, 2.05) is 7.74 Å². The Bertz CT molecular complexity index is 10.8. The van der Waals surface area contributed by atoms with Gasteiger partial charge < -0.3 is 0 Å². The predicted octanol–water partition coefficient (Wildman–Crippen LogP) is -0.0308. The highest BCUT2D eigenvalue weighted by molar-refractivity contribution is 14.1. The first-order valence-corrected chi connectivity index (χ1v) is 2.82. The van der Waals surface area contributed by atoms with Crippen LogP contribution >= 0.6 is 34.9 Å². The summed E-state index contributed by atoms with van der Waals surface area (Å²) in [7, 11) is 2.02. The van der Waals surface area contributed by atoms with E-state index < -0.39 is 0 Å². The maximum atomic E-state index is 3.95. The summed E-state index contributed by atoms with van der Waals surface area (Å²) in [6, 6.07) is 0. The topological polar surface area (TPSA) is 0 Å². The molecule has 4 heteroatoms. The first-order valence-electron chi connectivity index (χ1n) is 1.05. The van der Waals surface area contributed by atoms with Gasteiger partial charge in [0.25, 0.3) is 0 Å². The molecule has 0 fully saturated rings. The number of rotatable bonds is 0. The van der Waals surface area contributed by atoms with Crippen molar-refractivity contribution in [1.82, 2.24) is 0 Å². The molecule has 0 radical (unpaired) electrons. The molecule has 0 saturated heterocycles. The zero-order valence-electron chi connectivity index (χ0n) is 2.40. The highest BCUT2D eigenvalue weighted by atomic mass is 127. The maximum absolute atomic E-state index is 3.95. The average Bonchev–Trinajstić information content (AvgIpc) is 0.811. The lowest BCUT2D eigenvalue weighted by Gasteiger charge is -1.67. The number of hydrogen-bond donors (Lipinski definition) is 1. The van der Waals surface area contributed by atoms with Crippen molar-refractivity contribution < 1.29 is 0 Å². The third kappa shape index (κ3) is 10.7. The SMILES string of the molecule is BB(S)I. The van der Waals surface area contributed by atoms with Gasteiger partial charge in [0.2, 0.25) is 3.74 Å². The first-order chi connectivity index (χ1) is 1.73. The van der Waals surface area contributed by atoms with E-state index >= 15 is 0 Å². The minimum Gasteiger partial charge on any atom is -0.222 e. The van der Waals surface area contributed by atoms with Crippen molar-refractivity contribution in [2.75, 3.05) is 0 Å². The van der Waals surface area contributed by atoms with Gasteiger partial charge in [-0.15, -0.1) is 22.4 Å². The van der Waals surface area contributed by atoms with E-state index in [1.54, 1.807) is 0 Å². The van der Waals surface area contributed by atoms with E-state index in [0.29, 0.717) is 3.74 Å². The van der Waals surface area contributed by atoms with Crippen LogP contribution in [0.25, 0.3) is 0 Å². The molecule has 0 atom stereocenters. The molecule has 22 valence electrons. The fourth-order valence-corrected chi connectivity index (χ4v) is 0. The first kappa shape index (κ1) is 5.21. The van der Waals surface area contributed by atoms with Crippen LogP contribution in [0, 0.1) is 0 Å². The van der Waals surface area contributed by atoms with Gasteiger partial charge in [-0.2, -0.15) is 0 Å². The largest absolute Gasteiger partial charge is 0.235 e. The molecule has 0 aromatic carbocycles. The van der Waals surface area contributed by atoms with Crippen molar-refractivity contribution in [3.05, 3.63) is 0 Å². The van der Waals surface area contributed by atoms with Crippen molar-refractivity contribution in [3.63, 3.8) is 0 Å². The molecule has 0 spiro atoms. The number of hydrogen-bond acceptors (Lipinski definition) is 1. The third-order valence-corrected chi connectivity index (χ3v) is 0. The van der Waals surface area contributed by atoms with E-state index in [2.05, 4.69) is 34.9 Å². The Kier molecular flexibility index (Phi) is 3.19. The lowest BCUT2D eigenvalue weighted by Crippen LogP contribution is -1.84. The quantitative estimate of drug-likeness (QED) is 0.304. The lowest BCUT2D eigenvalue weighted by molar-refractivity contribution is 4.52. The molecule has 0 rings (SSSR count). The molecule has 0 bridgehead atoms. The van der Waals surface area contributed by atoms with Crippen molar-refractivity contribution >= 4 is 46.3 Å². The summed E-state index contributed by atoms with van der Waals surface area (Å²) in [4.78, 5) is 0. The molecule has 0 amide bonds. The Hall–Kier alpha value is 1.21. The zero-order chi connectivity index (χ0) is 3.58. The minimum atomic E-state index is 0.498. The molecule has 0 nitrogen and oxygen atoms in total. The van der Waals surface area contributed by atoms with Gasteiger partial charge in [-0.3, -0.25) is 0 Å². The highest BCUT2D eigenvalue weighted by Gasteiger charge is 1.82. The smallest absolute Gasteiger partial charge is 0.222 e. The van der Waals surface area contributed by atoms with Gasteiger partial charge in [0.1, 0.15) is 7.74 Å². The second kappa shape index (κ2) is 2.45. The monoisotopic (exact) mass is 184 g/mol. The van der Waals surface area contributed by atoms with Crippen molar-refractivity contribution in [2.24, 2.45) is 0 Å². The normalized spacial score (nSPS) is 6.50. The summed E-state index contributed by atoms with van der Waals surface area (Å²) in [5, 5.41) is 0. The van der Waals surface area contributed by atoms with E-state index in [-0.39, 0.29) is 0 Å². The van der Waals surface area contributed by atoms with Gasteiger partial charge >= 0.3 is 0 Å². The number of thiol groups is 1. The molecule has 0 heterocycles. The fourth-order valence-electron chi connectivity index (χ4n) is 0. The Morgan fingerprint density at radius 3 is 2.00 bits per heavy atom. The van der Waals surface area contributed by atoms with Gasteiger partial charge in [-0.1, -0.05) is 0 Å². The Balaban J connectivity index is 2.32. The van der Waals surface area contributed by atoms with Gasteiger partial charge in [0.15, 0.2) is 0 Å². The summed E-state index contributed by atoms with van der Waals surface area (Å²) >= 11 is 6.16. The van der Waals surface area contributed by atoms with E-state index in [9.17, 15) is 0 Å². The van der Waals surface area contributed by atoms with E-state index in [1.165, 1.54) is 0 Å². The zero-order valence-corrected chi connectivity index (χ0v) is 5.45. The standard InChI is InChI=1S/B2H3IS/c1-2(3)4/h4H,1H2. The predicted molar refractivity (Wildman–Crippen MR) is 37.3 cm³/mol. The van der Waals surface area contributed by atoms with Crippen molar-refractivity contribution in [1.29, 1.82) is 0 Å². The number of halogens is 1. The van der Waals surface area contributed by atoms with Gasteiger partial charge in [-0.05, 0) is 0 Å². The second-order valence-electron chi connectivity index (χ2n) is 0.574. The van der Waals surface area contributed by atoms with Crippen LogP contribution in [0.1, 0.15) is 0 Å². The summed E-state index contributed by atoms with van der Waals surface area (Å²) in [5.74, 6) is 0. The van der Waals surface area contributed by atoms with E-state index in [4.69, 9.17) is 0 Å². The summed E-state index contributed by atoms with van der Waals surface area (Å²) < 4.78 is 0.498. The van der Waals surface area contributed by atoms with Gasteiger partial charge in [0, 0.05) is 0 Å². The second-order valence-corrected chi connectivity index (χ2v) is 4.20. The van der Waals surface area contributed by atoms with Crippen LogP contribution in [0.2, 0.25) is 0 Å². The van der Waals surface area contributed by atoms with Crippen LogP contribution in [0.4, 0.5) is 0 Å². The van der Waals surface area contributed by atoms with E-state index in [0.717, 1.165) is 0 Å². The van der Waals surface area contributed by atoms with Crippen LogP contribution in [0.3, 0.4) is 0 Å². The lowest BCUT2D eigenvalue weighted by atomic mass is 9.78. The third-order valence-electron chi connectivity index (χ3n) is 0. The molecule has 0 saturated carbocycles.